The molecular formula is C18H30N4O3. The minimum absolute atomic E-state index is 0.00889. The van der Waals surface area contributed by atoms with Gasteiger partial charge in [0.1, 0.15) is 12.0 Å². The summed E-state index contributed by atoms with van der Waals surface area (Å²) in [6.07, 6.45) is 1.96. The van der Waals surface area contributed by atoms with Gasteiger partial charge in [0.25, 0.3) is 0 Å². The fourth-order valence-electron chi connectivity index (χ4n) is 2.50. The first-order valence-electron chi connectivity index (χ1n) is 8.59. The maximum Gasteiger partial charge on any atom is 0.220 e. The van der Waals surface area contributed by atoms with Crippen LogP contribution >= 0.6 is 0 Å². The molecule has 0 radical (unpaired) electrons. The molecule has 1 aromatic carbocycles. The number of nitrogens with two attached hydrogens (primary N) is 1. The lowest BCUT2D eigenvalue weighted by Gasteiger charge is -2.19. The summed E-state index contributed by atoms with van der Waals surface area (Å²) in [5.74, 6) is 0.754. The van der Waals surface area contributed by atoms with Crippen molar-refractivity contribution >= 4 is 17.9 Å². The molecule has 0 bridgehead atoms. The highest BCUT2D eigenvalue weighted by molar-refractivity contribution is 5.75. The number of benzene rings is 1. The summed E-state index contributed by atoms with van der Waals surface area (Å²) in [5, 5.41) is 8.96. The fraction of sp³-hybridized carbons (Fsp3) is 0.556. The van der Waals surface area contributed by atoms with Crippen LogP contribution in [0.15, 0.2) is 12.1 Å². The van der Waals surface area contributed by atoms with Crippen molar-refractivity contribution in [1.82, 2.24) is 10.6 Å². The van der Waals surface area contributed by atoms with Crippen LogP contribution < -0.4 is 26.4 Å². The minimum Gasteiger partial charge on any atom is -0.494 e. The van der Waals surface area contributed by atoms with E-state index in [0.717, 1.165) is 28.8 Å². The first-order chi connectivity index (χ1) is 12.0. The van der Waals surface area contributed by atoms with Crippen LogP contribution in [0.1, 0.15) is 24.0 Å². The molecule has 0 saturated carbocycles. The zero-order valence-electron chi connectivity index (χ0n) is 15.4. The van der Waals surface area contributed by atoms with E-state index in [1.807, 2.05) is 33.0 Å². The van der Waals surface area contributed by atoms with Gasteiger partial charge in [-0.25, -0.2) is 0 Å². The number of ether oxygens (including phenoxy) is 1. The Labute approximate surface area is 149 Å². The molecule has 5 N–H and O–H groups in total. The Morgan fingerprint density at radius 2 is 2.00 bits per heavy atom. The summed E-state index contributed by atoms with van der Waals surface area (Å²) in [5.41, 5.74) is 8.31. The lowest BCUT2D eigenvalue weighted by Crippen LogP contribution is -2.32. The lowest BCUT2D eigenvalue weighted by molar-refractivity contribution is -0.121. The Kier molecular flexibility index (Phi) is 9.57. The van der Waals surface area contributed by atoms with Gasteiger partial charge in [0.2, 0.25) is 5.91 Å². The zero-order chi connectivity index (χ0) is 18.7. The van der Waals surface area contributed by atoms with Crippen molar-refractivity contribution < 1.29 is 14.3 Å². The second kappa shape index (κ2) is 11.4. The number of nitrogens with one attached hydrogen (secondary N) is 3. The number of likely N-dealkylation sites (N-methyl/N-ethyl adjacent to an activating group) is 1. The van der Waals surface area contributed by atoms with Gasteiger partial charge < -0.3 is 31.2 Å². The zero-order valence-corrected chi connectivity index (χ0v) is 15.4. The molecule has 0 saturated heterocycles. The topological polar surface area (TPSA) is 105 Å². The van der Waals surface area contributed by atoms with Crippen molar-refractivity contribution in [2.45, 2.75) is 32.7 Å². The quantitative estimate of drug-likeness (QED) is 0.327. The summed E-state index contributed by atoms with van der Waals surface area (Å²) < 4.78 is 5.74. The molecule has 1 unspecified atom stereocenters. The first-order valence-corrected chi connectivity index (χ1v) is 8.59. The average molecular weight is 350 g/mol. The van der Waals surface area contributed by atoms with Crippen molar-refractivity contribution in [3.8, 4) is 5.75 Å². The normalized spacial score (nSPS) is 11.7. The number of carbonyl (C=O) groups is 2. The van der Waals surface area contributed by atoms with Gasteiger partial charge in [-0.05, 0) is 50.6 Å². The van der Waals surface area contributed by atoms with E-state index >= 15 is 0 Å². The average Bonchev–Trinajstić information content (AvgIpc) is 2.59. The minimum atomic E-state index is -0.277. The van der Waals surface area contributed by atoms with Crippen LogP contribution in [0.5, 0.6) is 5.75 Å². The van der Waals surface area contributed by atoms with Crippen LogP contribution in [0.25, 0.3) is 0 Å². The van der Waals surface area contributed by atoms with Crippen LogP contribution in [0.2, 0.25) is 0 Å². The van der Waals surface area contributed by atoms with Gasteiger partial charge in [0, 0.05) is 31.7 Å². The summed E-state index contributed by atoms with van der Waals surface area (Å²) in [4.78, 5) is 22.6. The third-order valence-corrected chi connectivity index (χ3v) is 3.71. The van der Waals surface area contributed by atoms with E-state index < -0.39 is 0 Å². The molecule has 0 aliphatic rings. The van der Waals surface area contributed by atoms with E-state index in [4.69, 9.17) is 10.5 Å². The van der Waals surface area contributed by atoms with Gasteiger partial charge in [-0.2, -0.15) is 0 Å². The molecule has 7 nitrogen and oxygen atoms in total. The molecule has 1 amide bonds. The Morgan fingerprint density at radius 3 is 2.56 bits per heavy atom. The number of hydrogen-bond acceptors (Lipinski definition) is 6. The van der Waals surface area contributed by atoms with Gasteiger partial charge in [-0.3, -0.25) is 4.79 Å². The molecule has 140 valence electrons. The number of carbonyl (C=O) groups excluding carboxylic acids is 2. The number of rotatable bonds is 12. The standard InChI is InChI=1S/C18H30N4O3/c1-13-9-16(25-8-4-5-17(24)21-7-6-19)10-14(2)18(13)22-15(12-23)11-20-3/h9-10,12,15,20,22H,4-8,11,19H2,1-3H3,(H,21,24). The van der Waals surface area contributed by atoms with Crippen molar-refractivity contribution in [2.75, 3.05) is 38.6 Å². The maximum absolute atomic E-state index is 11.5. The fourth-order valence-corrected chi connectivity index (χ4v) is 2.50. The number of hydrogen-bond donors (Lipinski definition) is 4. The molecular weight excluding hydrogens is 320 g/mol. The van der Waals surface area contributed by atoms with E-state index in [2.05, 4.69) is 16.0 Å². The monoisotopic (exact) mass is 350 g/mol. The lowest BCUT2D eigenvalue weighted by atomic mass is 10.1. The third-order valence-electron chi connectivity index (χ3n) is 3.71. The molecule has 0 aliphatic heterocycles. The second-order valence-corrected chi connectivity index (χ2v) is 5.97. The predicted octanol–water partition coefficient (Wildman–Crippen LogP) is 0.736. The molecule has 0 spiro atoms. The maximum atomic E-state index is 11.5. The van der Waals surface area contributed by atoms with Gasteiger partial charge in [-0.1, -0.05) is 0 Å². The number of aldehydes is 1. The van der Waals surface area contributed by atoms with Crippen molar-refractivity contribution in [1.29, 1.82) is 0 Å². The van der Waals surface area contributed by atoms with E-state index in [1.165, 1.54) is 0 Å². The van der Waals surface area contributed by atoms with Gasteiger partial charge in [-0.15, -0.1) is 0 Å². The van der Waals surface area contributed by atoms with Crippen LogP contribution in [0, 0.1) is 13.8 Å². The number of aryl methyl sites for hydroxylation is 2. The van der Waals surface area contributed by atoms with Crippen LogP contribution in [0.3, 0.4) is 0 Å². The SMILES string of the molecule is CNCC(C=O)Nc1c(C)cc(OCCCC(=O)NCCN)cc1C. The molecule has 25 heavy (non-hydrogen) atoms. The molecule has 0 aromatic heterocycles. The second-order valence-electron chi connectivity index (χ2n) is 5.97. The molecule has 1 aromatic rings. The first kappa shape index (κ1) is 20.9. The Hall–Kier alpha value is -2.12. The summed E-state index contributed by atoms with van der Waals surface area (Å²) in [7, 11) is 1.81. The predicted molar refractivity (Wildman–Crippen MR) is 100 cm³/mol. The van der Waals surface area contributed by atoms with E-state index in [9.17, 15) is 9.59 Å². The highest BCUT2D eigenvalue weighted by atomic mass is 16.5. The molecule has 0 aliphatic carbocycles. The van der Waals surface area contributed by atoms with E-state index in [1.54, 1.807) is 0 Å². The Balaban J connectivity index is 2.54. The summed E-state index contributed by atoms with van der Waals surface area (Å²) in [6.45, 7) is 5.93. The summed E-state index contributed by atoms with van der Waals surface area (Å²) >= 11 is 0. The molecule has 7 heteroatoms. The van der Waals surface area contributed by atoms with Crippen molar-refractivity contribution in [3.05, 3.63) is 23.3 Å². The van der Waals surface area contributed by atoms with E-state index in [0.29, 0.717) is 39.1 Å². The van der Waals surface area contributed by atoms with Gasteiger partial charge in [0.05, 0.1) is 12.6 Å². The van der Waals surface area contributed by atoms with Crippen LogP contribution in [0.4, 0.5) is 5.69 Å². The highest BCUT2D eigenvalue weighted by Gasteiger charge is 2.11. The Bertz CT molecular complexity index is 540. The number of amides is 1. The number of anilines is 1. The highest BCUT2D eigenvalue weighted by Crippen LogP contribution is 2.27. The smallest absolute Gasteiger partial charge is 0.220 e. The molecule has 1 atom stereocenters. The van der Waals surface area contributed by atoms with Gasteiger partial charge >= 0.3 is 0 Å². The largest absolute Gasteiger partial charge is 0.494 e. The molecule has 0 heterocycles. The van der Waals surface area contributed by atoms with E-state index in [-0.39, 0.29) is 11.9 Å². The Morgan fingerprint density at radius 1 is 1.32 bits per heavy atom. The molecule has 1 rings (SSSR count). The third kappa shape index (κ3) is 7.53. The van der Waals surface area contributed by atoms with Crippen LogP contribution in [-0.2, 0) is 9.59 Å². The summed E-state index contributed by atoms with van der Waals surface area (Å²) in [6, 6.07) is 3.59. The van der Waals surface area contributed by atoms with Crippen molar-refractivity contribution in [3.63, 3.8) is 0 Å². The van der Waals surface area contributed by atoms with Crippen molar-refractivity contribution in [2.24, 2.45) is 5.73 Å². The van der Waals surface area contributed by atoms with Crippen LogP contribution in [-0.4, -0.2) is 51.5 Å². The van der Waals surface area contributed by atoms with Gasteiger partial charge in [0.15, 0.2) is 0 Å². The molecule has 0 fully saturated rings.